The number of benzene rings is 3. The lowest BCUT2D eigenvalue weighted by atomic mass is 10.2. The van der Waals surface area contributed by atoms with Gasteiger partial charge in [-0.2, -0.15) is 5.10 Å². The topological polar surface area (TPSA) is 98.2 Å². The maximum atomic E-state index is 12.3. The number of carbonyl (C=O) groups is 2. The third-order valence-electron chi connectivity index (χ3n) is 4.69. The summed E-state index contributed by atoms with van der Waals surface area (Å²) in [6.07, 6.45) is 1.49. The Morgan fingerprint density at radius 3 is 2.41 bits per heavy atom. The summed E-state index contributed by atoms with van der Waals surface area (Å²) in [7, 11) is 2.99. The molecule has 0 spiro atoms. The molecule has 0 atom stereocenters. The quantitative estimate of drug-likeness (QED) is 0.339. The number of methoxy groups -OCH3 is 2. The molecule has 34 heavy (non-hydrogen) atoms. The molecule has 0 radical (unpaired) electrons. The highest BCUT2D eigenvalue weighted by Gasteiger charge is 2.11. The number of halogens is 1. The van der Waals surface area contributed by atoms with Gasteiger partial charge in [-0.3, -0.25) is 9.59 Å². The van der Waals surface area contributed by atoms with Gasteiger partial charge < -0.3 is 19.5 Å². The van der Waals surface area contributed by atoms with Gasteiger partial charge in [0.15, 0.2) is 11.5 Å². The van der Waals surface area contributed by atoms with Crippen molar-refractivity contribution in [2.75, 3.05) is 20.8 Å². The van der Waals surface area contributed by atoms with Crippen LogP contribution in [0.5, 0.6) is 17.2 Å². The van der Waals surface area contributed by atoms with Crippen LogP contribution in [0.25, 0.3) is 0 Å². The van der Waals surface area contributed by atoms with Crippen LogP contribution in [0, 0.1) is 0 Å². The fourth-order valence-electron chi connectivity index (χ4n) is 2.89. The van der Waals surface area contributed by atoms with Gasteiger partial charge in [-0.1, -0.05) is 29.8 Å². The van der Waals surface area contributed by atoms with Gasteiger partial charge in [-0.25, -0.2) is 5.43 Å². The molecule has 0 saturated heterocycles. The summed E-state index contributed by atoms with van der Waals surface area (Å²) in [4.78, 5) is 24.2. The van der Waals surface area contributed by atoms with E-state index >= 15 is 0 Å². The molecule has 8 nitrogen and oxygen atoms in total. The lowest BCUT2D eigenvalue weighted by molar-refractivity contribution is -0.120. The second kappa shape index (κ2) is 12.3. The molecule has 0 aliphatic carbocycles. The number of hydrogen-bond donors (Lipinski definition) is 2. The van der Waals surface area contributed by atoms with Crippen molar-refractivity contribution in [3.05, 3.63) is 88.4 Å². The summed E-state index contributed by atoms with van der Waals surface area (Å²) in [6, 6.07) is 19.4. The van der Waals surface area contributed by atoms with Crippen LogP contribution in [-0.2, 0) is 11.4 Å². The minimum Gasteiger partial charge on any atom is -0.493 e. The van der Waals surface area contributed by atoms with E-state index in [2.05, 4.69) is 15.8 Å². The summed E-state index contributed by atoms with van der Waals surface area (Å²) >= 11 is 6.13. The first-order valence-electron chi connectivity index (χ1n) is 10.3. The summed E-state index contributed by atoms with van der Waals surface area (Å²) in [5.74, 6) is 0.715. The second-order valence-corrected chi connectivity index (χ2v) is 7.40. The first kappa shape index (κ1) is 24.6. The number of hydrazone groups is 1. The van der Waals surface area contributed by atoms with E-state index in [1.165, 1.54) is 26.5 Å². The zero-order valence-corrected chi connectivity index (χ0v) is 19.5. The Kier molecular flexibility index (Phi) is 8.88. The van der Waals surface area contributed by atoms with Gasteiger partial charge in [0.05, 0.1) is 27.0 Å². The molecule has 2 amide bonds. The van der Waals surface area contributed by atoms with Crippen molar-refractivity contribution in [2.24, 2.45) is 5.10 Å². The van der Waals surface area contributed by atoms with E-state index in [4.69, 9.17) is 25.8 Å². The van der Waals surface area contributed by atoms with Gasteiger partial charge in [0.2, 0.25) is 0 Å². The van der Waals surface area contributed by atoms with Crippen LogP contribution in [0.1, 0.15) is 21.5 Å². The molecule has 2 N–H and O–H groups in total. The lowest BCUT2D eigenvalue weighted by Crippen LogP contribution is -2.34. The average molecular weight is 482 g/mol. The molecule has 0 bridgehead atoms. The van der Waals surface area contributed by atoms with Crippen molar-refractivity contribution in [3.8, 4) is 17.2 Å². The van der Waals surface area contributed by atoms with Gasteiger partial charge >= 0.3 is 0 Å². The number of carbonyl (C=O) groups excluding carboxylic acids is 2. The number of hydrogen-bond acceptors (Lipinski definition) is 6. The lowest BCUT2D eigenvalue weighted by Gasteiger charge is -2.09. The molecule has 0 aliphatic heterocycles. The summed E-state index contributed by atoms with van der Waals surface area (Å²) in [5, 5.41) is 7.09. The first-order valence-corrected chi connectivity index (χ1v) is 10.7. The zero-order valence-electron chi connectivity index (χ0n) is 18.7. The number of nitrogens with zero attached hydrogens (tertiary/aromatic N) is 1. The van der Waals surface area contributed by atoms with Crippen molar-refractivity contribution < 1.29 is 23.8 Å². The molecule has 0 heterocycles. The van der Waals surface area contributed by atoms with Gasteiger partial charge in [-0.05, 0) is 54.1 Å². The smallest absolute Gasteiger partial charge is 0.259 e. The molecule has 9 heteroatoms. The van der Waals surface area contributed by atoms with E-state index in [-0.39, 0.29) is 6.54 Å². The molecule has 0 saturated carbocycles. The second-order valence-electron chi connectivity index (χ2n) is 6.99. The zero-order chi connectivity index (χ0) is 24.3. The van der Waals surface area contributed by atoms with Crippen LogP contribution in [0.3, 0.4) is 0 Å². The highest BCUT2D eigenvalue weighted by Crippen LogP contribution is 2.27. The van der Waals surface area contributed by atoms with Crippen LogP contribution in [0.15, 0.2) is 71.8 Å². The van der Waals surface area contributed by atoms with Crippen LogP contribution >= 0.6 is 11.6 Å². The van der Waals surface area contributed by atoms with E-state index in [0.29, 0.717) is 34.4 Å². The average Bonchev–Trinajstić information content (AvgIpc) is 2.87. The predicted molar refractivity (Wildman–Crippen MR) is 130 cm³/mol. The Morgan fingerprint density at radius 2 is 1.71 bits per heavy atom. The normalized spacial score (nSPS) is 10.6. The molecule has 0 fully saturated rings. The molecule has 0 aromatic heterocycles. The molecule has 176 valence electrons. The number of amides is 2. The minimum atomic E-state index is -0.468. The highest BCUT2D eigenvalue weighted by molar-refractivity contribution is 6.31. The van der Waals surface area contributed by atoms with Gasteiger partial charge in [-0.15, -0.1) is 0 Å². The molecule has 3 aromatic carbocycles. The molecule has 0 aliphatic rings. The van der Waals surface area contributed by atoms with Crippen LogP contribution < -0.4 is 25.0 Å². The number of nitrogens with one attached hydrogen (secondary N) is 2. The molecule has 3 aromatic rings. The Hall–Kier alpha value is -4.04. The fourth-order valence-corrected chi connectivity index (χ4v) is 3.08. The Morgan fingerprint density at radius 1 is 0.971 bits per heavy atom. The summed E-state index contributed by atoms with van der Waals surface area (Å²) < 4.78 is 16.1. The highest BCUT2D eigenvalue weighted by atomic mass is 35.5. The molecule has 0 unspecified atom stereocenters. The molecule has 3 rings (SSSR count). The van der Waals surface area contributed by atoms with Gasteiger partial charge in [0, 0.05) is 16.1 Å². The third kappa shape index (κ3) is 6.98. The minimum absolute atomic E-state index is 0.237. The van der Waals surface area contributed by atoms with Crippen molar-refractivity contribution in [1.29, 1.82) is 0 Å². The predicted octanol–water partition coefficient (Wildman–Crippen LogP) is 3.82. The Balaban J connectivity index is 1.43. The van der Waals surface area contributed by atoms with E-state index in [1.54, 1.807) is 36.4 Å². The standard InChI is InChI=1S/C25H24ClN3O5/c1-32-22-12-9-18(13-23(22)33-2)25(31)27-15-24(30)29-28-14-17-7-10-20(11-8-17)34-16-19-5-3-4-6-21(19)26/h3-14H,15-16H2,1-2H3,(H,27,31)(H,29,30). The largest absolute Gasteiger partial charge is 0.493 e. The first-order chi connectivity index (χ1) is 16.5. The van der Waals surface area contributed by atoms with Crippen LogP contribution in [0.2, 0.25) is 5.02 Å². The van der Waals surface area contributed by atoms with Crippen molar-refractivity contribution in [2.45, 2.75) is 6.61 Å². The SMILES string of the molecule is COc1ccc(C(=O)NCC(=O)NN=Cc2ccc(OCc3ccccc3Cl)cc2)cc1OC. The van der Waals surface area contributed by atoms with Gasteiger partial charge in [0.1, 0.15) is 12.4 Å². The molecular formula is C25H24ClN3O5. The van der Waals surface area contributed by atoms with Crippen LogP contribution in [0.4, 0.5) is 0 Å². The Bertz CT molecular complexity index is 1170. The maximum absolute atomic E-state index is 12.3. The van der Waals surface area contributed by atoms with E-state index in [9.17, 15) is 9.59 Å². The van der Waals surface area contributed by atoms with Gasteiger partial charge in [0.25, 0.3) is 11.8 Å². The third-order valence-corrected chi connectivity index (χ3v) is 5.06. The number of rotatable bonds is 10. The van der Waals surface area contributed by atoms with Crippen LogP contribution in [-0.4, -0.2) is 38.8 Å². The fraction of sp³-hybridized carbons (Fsp3) is 0.160. The summed E-state index contributed by atoms with van der Waals surface area (Å²) in [5.41, 5.74) is 4.37. The summed E-state index contributed by atoms with van der Waals surface area (Å²) in [6.45, 7) is 0.123. The number of ether oxygens (including phenoxy) is 3. The van der Waals surface area contributed by atoms with Crippen molar-refractivity contribution >= 4 is 29.6 Å². The Labute approximate surface area is 202 Å². The van der Waals surface area contributed by atoms with Crippen molar-refractivity contribution in [3.63, 3.8) is 0 Å². The van der Waals surface area contributed by atoms with E-state index in [0.717, 1.165) is 11.1 Å². The van der Waals surface area contributed by atoms with E-state index in [1.807, 2.05) is 24.3 Å². The molecular weight excluding hydrogens is 458 g/mol. The van der Waals surface area contributed by atoms with E-state index < -0.39 is 11.8 Å². The monoisotopic (exact) mass is 481 g/mol. The van der Waals surface area contributed by atoms with Crippen molar-refractivity contribution in [1.82, 2.24) is 10.7 Å². The maximum Gasteiger partial charge on any atom is 0.259 e.